The Bertz CT molecular complexity index is 357. The van der Waals surface area contributed by atoms with Crippen molar-refractivity contribution >= 4 is 5.97 Å². The number of hydrogen-bond donors (Lipinski definition) is 1. The molecule has 1 saturated heterocycles. The van der Waals surface area contributed by atoms with Crippen LogP contribution in [0.1, 0.15) is 52.9 Å². The Balaban J connectivity index is 1.98. The maximum Gasteiger partial charge on any atom is 0.310 e. The van der Waals surface area contributed by atoms with Gasteiger partial charge in [-0.25, -0.2) is 0 Å². The molecule has 0 radical (unpaired) electrons. The molecule has 2 aliphatic rings. The van der Waals surface area contributed by atoms with Crippen LogP contribution in [0.3, 0.4) is 0 Å². The number of likely N-dealkylation sites (tertiary alicyclic amines) is 1. The van der Waals surface area contributed by atoms with Crippen molar-refractivity contribution < 1.29 is 9.90 Å². The van der Waals surface area contributed by atoms with Crippen LogP contribution < -0.4 is 0 Å². The molecule has 4 nitrogen and oxygen atoms in total. The molecule has 3 unspecified atom stereocenters. The summed E-state index contributed by atoms with van der Waals surface area (Å²) in [5.74, 6) is -0.0172. The second-order valence-electron chi connectivity index (χ2n) is 7.19. The highest BCUT2D eigenvalue weighted by Crippen LogP contribution is 2.41. The van der Waals surface area contributed by atoms with E-state index in [4.69, 9.17) is 0 Å². The van der Waals surface area contributed by atoms with Gasteiger partial charge < -0.3 is 10.0 Å². The predicted molar refractivity (Wildman–Crippen MR) is 85.5 cm³/mol. The first-order valence-corrected chi connectivity index (χ1v) is 8.70. The van der Waals surface area contributed by atoms with Crippen molar-refractivity contribution in [2.75, 3.05) is 32.7 Å². The number of likely N-dealkylation sites (N-methyl/N-ethyl adjacent to an activating group) is 1. The van der Waals surface area contributed by atoms with E-state index in [9.17, 15) is 9.90 Å². The first-order chi connectivity index (χ1) is 10.0. The van der Waals surface area contributed by atoms with E-state index >= 15 is 0 Å². The molecule has 0 aromatic rings. The third-order valence-corrected chi connectivity index (χ3v) is 5.65. The monoisotopic (exact) mass is 296 g/mol. The average molecular weight is 296 g/mol. The van der Waals surface area contributed by atoms with Crippen LogP contribution in [0.4, 0.5) is 0 Å². The van der Waals surface area contributed by atoms with Crippen molar-refractivity contribution in [1.82, 2.24) is 9.80 Å². The minimum atomic E-state index is -0.569. The van der Waals surface area contributed by atoms with Crippen molar-refractivity contribution in [2.24, 2.45) is 11.3 Å². The average Bonchev–Trinajstić information content (AvgIpc) is 2.88. The van der Waals surface area contributed by atoms with Crippen LogP contribution in [0.5, 0.6) is 0 Å². The van der Waals surface area contributed by atoms with Crippen LogP contribution in [-0.4, -0.2) is 59.6 Å². The molecule has 0 amide bonds. The van der Waals surface area contributed by atoms with Crippen LogP contribution in [-0.2, 0) is 4.79 Å². The van der Waals surface area contributed by atoms with Crippen LogP contribution in [0.2, 0.25) is 0 Å². The molecule has 4 heteroatoms. The zero-order chi connectivity index (χ0) is 15.5. The fourth-order valence-electron chi connectivity index (χ4n) is 4.49. The molecule has 1 N–H and O–H groups in total. The Morgan fingerprint density at radius 1 is 1.33 bits per heavy atom. The number of rotatable bonds is 6. The van der Waals surface area contributed by atoms with Crippen LogP contribution in [0.25, 0.3) is 0 Å². The summed E-state index contributed by atoms with van der Waals surface area (Å²) in [4.78, 5) is 16.8. The third kappa shape index (κ3) is 3.78. The van der Waals surface area contributed by atoms with Crippen LogP contribution in [0.15, 0.2) is 0 Å². The summed E-state index contributed by atoms with van der Waals surface area (Å²) in [6.45, 7) is 11.7. The van der Waals surface area contributed by atoms with Gasteiger partial charge in [-0.15, -0.1) is 0 Å². The molecule has 1 saturated carbocycles. The number of hydrogen-bond acceptors (Lipinski definition) is 3. The van der Waals surface area contributed by atoms with Gasteiger partial charge in [0.15, 0.2) is 0 Å². The fourth-order valence-corrected chi connectivity index (χ4v) is 4.49. The van der Waals surface area contributed by atoms with Crippen molar-refractivity contribution in [1.29, 1.82) is 0 Å². The summed E-state index contributed by atoms with van der Waals surface area (Å²) in [5, 5.41) is 9.80. The van der Waals surface area contributed by atoms with E-state index in [0.29, 0.717) is 12.0 Å². The first-order valence-electron chi connectivity index (χ1n) is 8.70. The zero-order valence-corrected chi connectivity index (χ0v) is 14.0. The Morgan fingerprint density at radius 2 is 2.05 bits per heavy atom. The summed E-state index contributed by atoms with van der Waals surface area (Å²) in [6, 6.07) is 0.617. The molecule has 2 fully saturated rings. The molecular formula is C17H32N2O2. The van der Waals surface area contributed by atoms with E-state index in [1.165, 1.54) is 12.8 Å². The molecule has 2 rings (SSSR count). The van der Waals surface area contributed by atoms with E-state index in [-0.39, 0.29) is 0 Å². The lowest BCUT2D eigenvalue weighted by molar-refractivity contribution is -0.153. The highest BCUT2D eigenvalue weighted by atomic mass is 16.4. The molecule has 21 heavy (non-hydrogen) atoms. The largest absolute Gasteiger partial charge is 0.481 e. The molecule has 1 aliphatic heterocycles. The van der Waals surface area contributed by atoms with Crippen LogP contribution >= 0.6 is 0 Å². The second kappa shape index (κ2) is 7.10. The van der Waals surface area contributed by atoms with Crippen molar-refractivity contribution in [3.05, 3.63) is 0 Å². The Labute approximate surface area is 129 Å². The van der Waals surface area contributed by atoms with Gasteiger partial charge in [-0.1, -0.05) is 33.6 Å². The molecule has 122 valence electrons. The maximum absolute atomic E-state index is 11.9. The number of aliphatic carboxylic acids is 1. The van der Waals surface area contributed by atoms with Crippen LogP contribution in [0, 0.1) is 11.3 Å². The van der Waals surface area contributed by atoms with Crippen molar-refractivity contribution in [2.45, 2.75) is 58.9 Å². The second-order valence-corrected chi connectivity index (χ2v) is 7.19. The van der Waals surface area contributed by atoms with Gasteiger partial charge in [0.1, 0.15) is 0 Å². The standard InChI is InChI=1S/C17H32N2O2/c1-4-19(5-2)15-8-10-18(12-15)13-17(16(20)21)9-6-7-14(3)11-17/h14-15H,4-13H2,1-3H3,(H,20,21). The lowest BCUT2D eigenvalue weighted by Gasteiger charge is -2.39. The molecule has 0 bridgehead atoms. The van der Waals surface area contributed by atoms with Gasteiger partial charge in [0, 0.05) is 19.1 Å². The summed E-state index contributed by atoms with van der Waals surface area (Å²) in [6.07, 6.45) is 5.17. The SMILES string of the molecule is CCN(CC)C1CCN(CC2(C(=O)O)CCCC(C)C2)C1. The maximum atomic E-state index is 11.9. The third-order valence-electron chi connectivity index (χ3n) is 5.65. The van der Waals surface area contributed by atoms with Gasteiger partial charge >= 0.3 is 5.97 Å². The molecular weight excluding hydrogens is 264 g/mol. The van der Waals surface area contributed by atoms with E-state index in [1.807, 2.05) is 0 Å². The van der Waals surface area contributed by atoms with Gasteiger partial charge in [0.25, 0.3) is 0 Å². The summed E-state index contributed by atoms with van der Waals surface area (Å²) >= 11 is 0. The van der Waals surface area contributed by atoms with E-state index in [2.05, 4.69) is 30.6 Å². The van der Waals surface area contributed by atoms with Crippen molar-refractivity contribution in [3.8, 4) is 0 Å². The number of carboxylic acid groups (broad SMARTS) is 1. The Hall–Kier alpha value is -0.610. The highest BCUT2D eigenvalue weighted by molar-refractivity contribution is 5.75. The van der Waals surface area contributed by atoms with Gasteiger partial charge in [-0.05, 0) is 44.8 Å². The summed E-state index contributed by atoms with van der Waals surface area (Å²) < 4.78 is 0. The molecule has 0 aromatic heterocycles. The van der Waals surface area contributed by atoms with E-state index in [0.717, 1.165) is 52.0 Å². The summed E-state index contributed by atoms with van der Waals surface area (Å²) in [7, 11) is 0. The smallest absolute Gasteiger partial charge is 0.310 e. The van der Waals surface area contributed by atoms with Gasteiger partial charge in [0.05, 0.1) is 5.41 Å². The molecule has 3 atom stereocenters. The Kier molecular flexibility index (Phi) is 5.67. The summed E-state index contributed by atoms with van der Waals surface area (Å²) in [5.41, 5.74) is -0.490. The first kappa shape index (κ1) is 16.8. The van der Waals surface area contributed by atoms with Gasteiger partial charge in [-0.2, -0.15) is 0 Å². The number of carbonyl (C=O) groups is 1. The molecule has 1 heterocycles. The molecule has 0 aromatic carbocycles. The lowest BCUT2D eigenvalue weighted by Crippen LogP contribution is -2.46. The highest BCUT2D eigenvalue weighted by Gasteiger charge is 2.44. The number of nitrogens with zero attached hydrogens (tertiary/aromatic N) is 2. The quantitative estimate of drug-likeness (QED) is 0.818. The topological polar surface area (TPSA) is 43.8 Å². The number of carboxylic acids is 1. The van der Waals surface area contributed by atoms with Gasteiger partial charge in [-0.3, -0.25) is 9.69 Å². The lowest BCUT2D eigenvalue weighted by atomic mass is 9.69. The van der Waals surface area contributed by atoms with Crippen molar-refractivity contribution in [3.63, 3.8) is 0 Å². The van der Waals surface area contributed by atoms with E-state index in [1.54, 1.807) is 0 Å². The minimum Gasteiger partial charge on any atom is -0.481 e. The van der Waals surface area contributed by atoms with E-state index < -0.39 is 11.4 Å². The molecule has 0 spiro atoms. The van der Waals surface area contributed by atoms with Gasteiger partial charge in [0.2, 0.25) is 0 Å². The fraction of sp³-hybridized carbons (Fsp3) is 0.941. The normalized spacial score (nSPS) is 34.5. The molecule has 1 aliphatic carbocycles. The zero-order valence-electron chi connectivity index (χ0n) is 14.0. The minimum absolute atomic E-state index is 0.490. The predicted octanol–water partition coefficient (Wildman–Crippen LogP) is 2.68. The Morgan fingerprint density at radius 3 is 2.62 bits per heavy atom.